The predicted molar refractivity (Wildman–Crippen MR) is 198 cm³/mol. The Morgan fingerprint density at radius 3 is 1.28 bits per heavy atom. The molecule has 2 aliphatic carbocycles. The van der Waals surface area contributed by atoms with Crippen LogP contribution in [0.3, 0.4) is 0 Å². The molecule has 2 aliphatic rings. The lowest BCUT2D eigenvalue weighted by Gasteiger charge is -2.34. The van der Waals surface area contributed by atoms with E-state index in [1.807, 2.05) is 36.4 Å². The van der Waals surface area contributed by atoms with Crippen LogP contribution < -0.4 is 20.1 Å². The minimum atomic E-state index is -0.789. The monoisotopic (exact) mass is 734 g/mol. The number of carbonyl (C=O) groups excluding carboxylic acids is 4. The van der Waals surface area contributed by atoms with E-state index in [2.05, 4.69) is 23.8 Å². The number of hydrogen-bond acceptors (Lipinski definition) is 10. The largest absolute Gasteiger partial charge is 0.490 e. The third kappa shape index (κ3) is 15.2. The van der Waals surface area contributed by atoms with Gasteiger partial charge in [0.05, 0.1) is 0 Å². The van der Waals surface area contributed by atoms with Crippen molar-refractivity contribution >= 4 is 24.1 Å². The number of amides is 2. The average molecular weight is 735 g/mol. The fraction of sp³-hybridized carbons (Fsp3) is 0.512. The van der Waals surface area contributed by atoms with E-state index in [0.29, 0.717) is 23.3 Å². The molecule has 2 aromatic rings. The standard InChI is InChI=1S/C41H54N2O10/c1-28(2)38(44)50-26-36(24-48-34-11-7-5-8-12-34)52-40(46)42-32-19-15-30(16-20-32)23-31-17-21-33(22-18-31)43-41(47)53-37(27-51-39(45)29(3)4)25-49-35-13-9-6-10-14-35/h5-14,30-33,36-37H,1,3,15-27H2,2,4H3,(H,42,46)(H,43,47)/t30?,31?,32?,33?,36-,37+. The molecule has 2 atom stereocenters. The summed E-state index contributed by atoms with van der Waals surface area (Å²) in [5.74, 6) is 1.27. The van der Waals surface area contributed by atoms with Crippen LogP contribution in [0.4, 0.5) is 9.59 Å². The molecule has 288 valence electrons. The normalized spacial score (nSPS) is 20.7. The third-order valence-corrected chi connectivity index (χ3v) is 9.41. The molecule has 12 heteroatoms. The maximum absolute atomic E-state index is 12.8. The van der Waals surface area contributed by atoms with Crippen molar-refractivity contribution in [3.63, 3.8) is 0 Å². The Hall–Kier alpha value is -5.00. The molecule has 2 amide bonds. The van der Waals surface area contributed by atoms with Crippen LogP contribution in [-0.2, 0) is 28.5 Å². The van der Waals surface area contributed by atoms with Gasteiger partial charge in [-0.2, -0.15) is 0 Å². The van der Waals surface area contributed by atoms with E-state index in [1.165, 1.54) is 0 Å². The van der Waals surface area contributed by atoms with Crippen molar-refractivity contribution < 1.29 is 47.6 Å². The van der Waals surface area contributed by atoms with E-state index in [-0.39, 0.29) is 49.7 Å². The van der Waals surface area contributed by atoms with Crippen molar-refractivity contribution in [3.05, 3.63) is 85.0 Å². The van der Waals surface area contributed by atoms with Crippen molar-refractivity contribution in [1.29, 1.82) is 0 Å². The Labute approximate surface area is 312 Å². The zero-order valence-electron chi connectivity index (χ0n) is 30.9. The summed E-state index contributed by atoms with van der Waals surface area (Å²) in [7, 11) is 0. The molecule has 0 radical (unpaired) electrons. The highest BCUT2D eigenvalue weighted by molar-refractivity contribution is 5.87. The van der Waals surface area contributed by atoms with E-state index in [9.17, 15) is 19.2 Å². The Bertz CT molecular complexity index is 1370. The molecular formula is C41H54N2O10. The van der Waals surface area contributed by atoms with Crippen LogP contribution in [0.15, 0.2) is 85.0 Å². The number of ether oxygens (including phenoxy) is 6. The molecule has 4 rings (SSSR count). The van der Waals surface area contributed by atoms with Crippen molar-refractivity contribution in [2.75, 3.05) is 26.4 Å². The van der Waals surface area contributed by atoms with Crippen molar-refractivity contribution in [3.8, 4) is 11.5 Å². The molecule has 53 heavy (non-hydrogen) atoms. The highest BCUT2D eigenvalue weighted by atomic mass is 16.6. The molecule has 2 N–H and O–H groups in total. The fourth-order valence-corrected chi connectivity index (χ4v) is 6.49. The van der Waals surface area contributed by atoms with Gasteiger partial charge in [0.15, 0.2) is 12.2 Å². The summed E-state index contributed by atoms with van der Waals surface area (Å²) >= 11 is 0. The first kappa shape index (κ1) is 40.8. The molecule has 2 aromatic carbocycles. The first-order chi connectivity index (χ1) is 25.5. The van der Waals surface area contributed by atoms with Gasteiger partial charge in [-0.25, -0.2) is 19.2 Å². The number of carbonyl (C=O) groups is 4. The van der Waals surface area contributed by atoms with Crippen molar-refractivity contribution in [1.82, 2.24) is 10.6 Å². The lowest BCUT2D eigenvalue weighted by atomic mass is 9.76. The Morgan fingerprint density at radius 1 is 0.585 bits per heavy atom. The zero-order chi connectivity index (χ0) is 38.0. The van der Waals surface area contributed by atoms with E-state index in [0.717, 1.165) is 57.8 Å². The van der Waals surface area contributed by atoms with Crippen LogP contribution in [0, 0.1) is 11.8 Å². The number of rotatable bonds is 18. The summed E-state index contributed by atoms with van der Waals surface area (Å²) in [6.45, 7) is 10.1. The molecule has 0 bridgehead atoms. The van der Waals surface area contributed by atoms with Gasteiger partial charge < -0.3 is 39.1 Å². The first-order valence-corrected chi connectivity index (χ1v) is 18.5. The topological polar surface area (TPSA) is 148 Å². The number of alkyl carbamates (subject to hydrolysis) is 2. The van der Waals surface area contributed by atoms with Gasteiger partial charge in [-0.1, -0.05) is 49.6 Å². The Balaban J connectivity index is 1.14. The van der Waals surface area contributed by atoms with Crippen LogP contribution in [-0.4, -0.2) is 74.8 Å². The third-order valence-electron chi connectivity index (χ3n) is 9.41. The molecule has 0 unspecified atom stereocenters. The fourth-order valence-electron chi connectivity index (χ4n) is 6.49. The Morgan fingerprint density at radius 2 is 0.943 bits per heavy atom. The van der Waals surface area contributed by atoms with Gasteiger partial charge in [0, 0.05) is 23.2 Å². The molecule has 0 saturated heterocycles. The minimum absolute atomic E-state index is 0.00425. The van der Waals surface area contributed by atoms with Gasteiger partial charge in [-0.3, -0.25) is 0 Å². The maximum atomic E-state index is 12.8. The van der Waals surface area contributed by atoms with E-state index < -0.39 is 36.3 Å². The SMILES string of the molecule is C=C(C)C(=O)OC[C@H](COc1ccccc1)OC(=O)NC1CCC(CC2CCC(NC(=O)O[C@@H](COC(=O)C(=C)C)COc3ccccc3)CC2)CC1. The highest BCUT2D eigenvalue weighted by Gasteiger charge is 2.30. The number of esters is 2. The van der Waals surface area contributed by atoms with Gasteiger partial charge in [0.1, 0.15) is 37.9 Å². The second-order valence-electron chi connectivity index (χ2n) is 14.0. The summed E-state index contributed by atoms with van der Waals surface area (Å²) in [6, 6.07) is 18.3. The first-order valence-electron chi connectivity index (χ1n) is 18.5. The molecule has 0 spiro atoms. The van der Waals surface area contributed by atoms with E-state index >= 15 is 0 Å². The summed E-state index contributed by atoms with van der Waals surface area (Å²) in [6.07, 6.45) is 5.88. The molecule has 2 saturated carbocycles. The molecular weight excluding hydrogens is 680 g/mol. The number of nitrogens with one attached hydrogen (secondary N) is 2. The van der Waals surface area contributed by atoms with Gasteiger partial charge in [0.25, 0.3) is 0 Å². The summed E-state index contributed by atoms with van der Waals surface area (Å²) in [4.78, 5) is 49.6. The van der Waals surface area contributed by atoms with E-state index in [1.54, 1.807) is 38.1 Å². The summed E-state index contributed by atoms with van der Waals surface area (Å²) in [5.41, 5.74) is 0.519. The van der Waals surface area contributed by atoms with Crippen molar-refractivity contribution in [2.45, 2.75) is 95.9 Å². The summed E-state index contributed by atoms with van der Waals surface area (Å²) < 4.78 is 33.2. The predicted octanol–water partition coefficient (Wildman–Crippen LogP) is 7.08. The Kier molecular flexibility index (Phi) is 16.5. The van der Waals surface area contributed by atoms with Crippen LogP contribution in [0.1, 0.15) is 71.6 Å². The lowest BCUT2D eigenvalue weighted by Crippen LogP contribution is -2.42. The van der Waals surface area contributed by atoms with E-state index in [4.69, 9.17) is 28.4 Å². The van der Waals surface area contributed by atoms with Gasteiger partial charge in [0.2, 0.25) is 0 Å². The average Bonchev–Trinajstić information content (AvgIpc) is 3.15. The molecule has 0 heterocycles. The quantitative estimate of drug-likeness (QED) is 0.0925. The maximum Gasteiger partial charge on any atom is 0.407 e. The number of benzene rings is 2. The second kappa shape index (κ2) is 21.5. The smallest absolute Gasteiger partial charge is 0.407 e. The van der Waals surface area contributed by atoms with Crippen LogP contribution >= 0.6 is 0 Å². The number of para-hydroxylation sites is 2. The molecule has 0 aliphatic heterocycles. The van der Waals surface area contributed by atoms with Crippen LogP contribution in [0.5, 0.6) is 11.5 Å². The lowest BCUT2D eigenvalue weighted by molar-refractivity contribution is -0.143. The van der Waals surface area contributed by atoms with Crippen LogP contribution in [0.2, 0.25) is 0 Å². The zero-order valence-corrected chi connectivity index (χ0v) is 30.9. The van der Waals surface area contributed by atoms with Crippen LogP contribution in [0.25, 0.3) is 0 Å². The number of hydrogen-bond donors (Lipinski definition) is 2. The molecule has 12 nitrogen and oxygen atoms in total. The minimum Gasteiger partial charge on any atom is -0.490 e. The van der Waals surface area contributed by atoms with Gasteiger partial charge >= 0.3 is 24.1 Å². The van der Waals surface area contributed by atoms with Crippen molar-refractivity contribution in [2.24, 2.45) is 11.8 Å². The molecule has 2 fully saturated rings. The summed E-state index contributed by atoms with van der Waals surface area (Å²) in [5, 5.41) is 5.98. The second-order valence-corrected chi connectivity index (χ2v) is 14.0. The molecule has 0 aromatic heterocycles. The van der Waals surface area contributed by atoms with Gasteiger partial charge in [-0.05, 0) is 108 Å². The van der Waals surface area contributed by atoms with Gasteiger partial charge in [-0.15, -0.1) is 0 Å². The highest BCUT2D eigenvalue weighted by Crippen LogP contribution is 2.35.